The number of thioether (sulfide) groups is 1. The quantitative estimate of drug-likeness (QED) is 0.736. The second-order valence-electron chi connectivity index (χ2n) is 6.49. The van der Waals surface area contributed by atoms with E-state index in [-0.39, 0.29) is 28.7 Å². The van der Waals surface area contributed by atoms with Gasteiger partial charge in [-0.3, -0.25) is 4.79 Å². The van der Waals surface area contributed by atoms with Crippen molar-refractivity contribution in [1.29, 1.82) is 0 Å². The Hall–Kier alpha value is -1.54. The third-order valence-electron chi connectivity index (χ3n) is 4.46. The second-order valence-corrected chi connectivity index (χ2v) is 9.85. The highest BCUT2D eigenvalue weighted by Gasteiger charge is 2.49. The van der Waals surface area contributed by atoms with Gasteiger partial charge < -0.3 is 9.64 Å². The minimum absolute atomic E-state index is 0.0794. The van der Waals surface area contributed by atoms with Crippen molar-refractivity contribution in [2.75, 3.05) is 23.0 Å². The normalized spacial score (nSPS) is 25.5. The summed E-state index contributed by atoms with van der Waals surface area (Å²) in [6, 6.07) is 7.32. The Kier molecular flexibility index (Phi) is 5.92. The molecule has 0 N–H and O–H groups in total. The summed E-state index contributed by atoms with van der Waals surface area (Å²) in [4.78, 5) is 18.4. The lowest BCUT2D eigenvalue weighted by molar-refractivity contribution is -0.117. The van der Waals surface area contributed by atoms with Crippen LogP contribution in [0.3, 0.4) is 0 Å². The average Bonchev–Trinajstić information content (AvgIpc) is 3.05. The molecule has 2 saturated heterocycles. The topological polar surface area (TPSA) is 76.0 Å². The molecule has 2 aliphatic rings. The summed E-state index contributed by atoms with van der Waals surface area (Å²) in [6.45, 7) is 4.54. The Morgan fingerprint density at radius 2 is 2.00 bits per heavy atom. The molecule has 0 aromatic heterocycles. The Labute approximate surface area is 158 Å². The molecule has 8 heteroatoms. The number of unbranched alkanes of at least 4 members (excludes halogenated alkanes) is 1. The van der Waals surface area contributed by atoms with Crippen molar-refractivity contribution in [2.45, 2.75) is 44.4 Å². The van der Waals surface area contributed by atoms with Crippen molar-refractivity contribution < 1.29 is 17.9 Å². The predicted molar refractivity (Wildman–Crippen MR) is 106 cm³/mol. The van der Waals surface area contributed by atoms with Crippen LogP contribution in [0.5, 0.6) is 5.75 Å². The fraction of sp³-hybridized carbons (Fsp3) is 0.556. The van der Waals surface area contributed by atoms with Crippen LogP contribution in [0.4, 0.5) is 5.69 Å². The number of amides is 1. The van der Waals surface area contributed by atoms with E-state index in [9.17, 15) is 13.2 Å². The molecule has 3 rings (SSSR count). The first kappa shape index (κ1) is 19.2. The molecule has 0 radical (unpaired) electrons. The number of amidine groups is 1. The molecule has 2 atom stereocenters. The zero-order chi connectivity index (χ0) is 18.7. The number of ether oxygens (including phenoxy) is 1. The largest absolute Gasteiger partial charge is 0.494 e. The van der Waals surface area contributed by atoms with Gasteiger partial charge in [0.2, 0.25) is 5.91 Å². The minimum atomic E-state index is -3.06. The molecular formula is C18H24N2O4S2. The van der Waals surface area contributed by atoms with Crippen LogP contribution in [0.2, 0.25) is 0 Å². The highest BCUT2D eigenvalue weighted by atomic mass is 32.2. The SMILES string of the molecule is CCCCC(=O)N=C1S[C@H]2CS(=O)(=O)C[C@@H]2N1c1ccc(OCC)cc1. The molecule has 1 aromatic rings. The summed E-state index contributed by atoms with van der Waals surface area (Å²) in [6.07, 6.45) is 2.17. The molecule has 1 aromatic carbocycles. The Morgan fingerprint density at radius 3 is 2.65 bits per heavy atom. The first-order chi connectivity index (χ1) is 12.4. The lowest BCUT2D eigenvalue weighted by Gasteiger charge is -2.24. The maximum atomic E-state index is 12.2. The third-order valence-corrected chi connectivity index (χ3v) is 7.67. The molecule has 26 heavy (non-hydrogen) atoms. The molecule has 2 fully saturated rings. The Morgan fingerprint density at radius 1 is 1.27 bits per heavy atom. The van der Waals surface area contributed by atoms with Gasteiger partial charge in [0.25, 0.3) is 0 Å². The molecule has 1 amide bonds. The van der Waals surface area contributed by atoms with Gasteiger partial charge >= 0.3 is 0 Å². The van der Waals surface area contributed by atoms with Crippen molar-refractivity contribution in [2.24, 2.45) is 4.99 Å². The number of fused-ring (bicyclic) bond motifs is 1. The number of sulfone groups is 1. The van der Waals surface area contributed by atoms with Crippen LogP contribution in [0.15, 0.2) is 29.3 Å². The average molecular weight is 397 g/mol. The highest BCUT2D eigenvalue weighted by Crippen LogP contribution is 2.41. The van der Waals surface area contributed by atoms with E-state index < -0.39 is 9.84 Å². The zero-order valence-corrected chi connectivity index (χ0v) is 16.7. The van der Waals surface area contributed by atoms with E-state index in [0.717, 1.165) is 24.3 Å². The number of aliphatic imine (C=N–C) groups is 1. The molecule has 0 unspecified atom stereocenters. The van der Waals surface area contributed by atoms with Gasteiger partial charge in [0.05, 0.1) is 24.2 Å². The molecule has 0 spiro atoms. The number of carbonyl (C=O) groups excluding carboxylic acids is 1. The minimum Gasteiger partial charge on any atom is -0.494 e. The number of benzene rings is 1. The molecule has 2 aliphatic heterocycles. The van der Waals surface area contributed by atoms with E-state index in [0.29, 0.717) is 18.2 Å². The van der Waals surface area contributed by atoms with E-state index in [4.69, 9.17) is 4.74 Å². The van der Waals surface area contributed by atoms with Crippen molar-refractivity contribution >= 4 is 38.4 Å². The van der Waals surface area contributed by atoms with Crippen LogP contribution in [-0.4, -0.2) is 48.9 Å². The monoisotopic (exact) mass is 396 g/mol. The van der Waals surface area contributed by atoms with Crippen molar-refractivity contribution in [3.8, 4) is 5.75 Å². The van der Waals surface area contributed by atoms with Crippen LogP contribution in [0.25, 0.3) is 0 Å². The molecular weight excluding hydrogens is 372 g/mol. The summed E-state index contributed by atoms with van der Waals surface area (Å²) >= 11 is 1.41. The van der Waals surface area contributed by atoms with Gasteiger partial charge in [0, 0.05) is 17.4 Å². The number of hydrogen-bond donors (Lipinski definition) is 0. The van der Waals surface area contributed by atoms with Gasteiger partial charge in [0.15, 0.2) is 15.0 Å². The predicted octanol–water partition coefficient (Wildman–Crippen LogP) is 2.88. The van der Waals surface area contributed by atoms with Gasteiger partial charge in [0.1, 0.15) is 5.75 Å². The molecule has 0 bridgehead atoms. The third kappa shape index (κ3) is 4.23. The van der Waals surface area contributed by atoms with Gasteiger partial charge in [-0.25, -0.2) is 8.42 Å². The summed E-state index contributed by atoms with van der Waals surface area (Å²) in [5.41, 5.74) is 0.840. The molecule has 6 nitrogen and oxygen atoms in total. The molecule has 2 heterocycles. The van der Waals surface area contributed by atoms with E-state index in [1.165, 1.54) is 11.8 Å². The van der Waals surface area contributed by atoms with Gasteiger partial charge in [-0.05, 0) is 37.6 Å². The van der Waals surface area contributed by atoms with Crippen molar-refractivity contribution in [1.82, 2.24) is 0 Å². The van der Waals surface area contributed by atoms with E-state index in [2.05, 4.69) is 4.99 Å². The summed E-state index contributed by atoms with van der Waals surface area (Å²) in [5.74, 6) is 0.849. The number of carbonyl (C=O) groups is 1. The maximum absolute atomic E-state index is 12.2. The van der Waals surface area contributed by atoms with E-state index in [1.54, 1.807) is 0 Å². The highest BCUT2D eigenvalue weighted by molar-refractivity contribution is 8.16. The molecule has 142 valence electrons. The second kappa shape index (κ2) is 8.00. The van der Waals surface area contributed by atoms with E-state index >= 15 is 0 Å². The standard InChI is InChI=1S/C18H24N2O4S2/c1-3-5-6-17(21)19-18-20(13-7-9-14(10-8-13)24-4-2)15-11-26(22,23)12-16(15)25-18/h7-10,15-16H,3-6,11-12H2,1-2H3/t15-,16-/m0/s1. The van der Waals surface area contributed by atoms with Gasteiger partial charge in [-0.2, -0.15) is 4.99 Å². The van der Waals surface area contributed by atoms with Gasteiger partial charge in [-0.15, -0.1) is 0 Å². The Bertz CT molecular complexity index is 790. The van der Waals surface area contributed by atoms with Crippen LogP contribution >= 0.6 is 11.8 Å². The molecule has 0 saturated carbocycles. The lowest BCUT2D eigenvalue weighted by atomic mass is 10.2. The van der Waals surface area contributed by atoms with E-state index in [1.807, 2.05) is 43.0 Å². The fourth-order valence-corrected chi connectivity index (χ4v) is 7.16. The van der Waals surface area contributed by atoms with Gasteiger partial charge in [-0.1, -0.05) is 25.1 Å². The number of rotatable bonds is 6. The molecule has 0 aliphatic carbocycles. The Balaban J connectivity index is 1.89. The smallest absolute Gasteiger partial charge is 0.248 e. The maximum Gasteiger partial charge on any atom is 0.248 e. The van der Waals surface area contributed by atoms with Crippen LogP contribution < -0.4 is 9.64 Å². The summed E-state index contributed by atoms with van der Waals surface area (Å²) < 4.78 is 29.6. The first-order valence-electron chi connectivity index (χ1n) is 8.94. The van der Waals surface area contributed by atoms with Crippen LogP contribution in [-0.2, 0) is 14.6 Å². The zero-order valence-electron chi connectivity index (χ0n) is 15.1. The number of anilines is 1. The summed E-state index contributed by atoms with van der Waals surface area (Å²) in [5, 5.41) is 0.532. The first-order valence-corrected chi connectivity index (χ1v) is 11.6. The van der Waals surface area contributed by atoms with Crippen LogP contribution in [0, 0.1) is 0 Å². The number of hydrogen-bond acceptors (Lipinski definition) is 5. The number of nitrogens with zero attached hydrogens (tertiary/aromatic N) is 2. The fourth-order valence-electron chi connectivity index (χ4n) is 3.23. The lowest BCUT2D eigenvalue weighted by Crippen LogP contribution is -2.37. The summed E-state index contributed by atoms with van der Waals surface area (Å²) in [7, 11) is -3.06. The van der Waals surface area contributed by atoms with Crippen molar-refractivity contribution in [3.05, 3.63) is 24.3 Å². The van der Waals surface area contributed by atoms with Crippen molar-refractivity contribution in [3.63, 3.8) is 0 Å². The van der Waals surface area contributed by atoms with Crippen LogP contribution in [0.1, 0.15) is 33.1 Å².